The number of rotatable bonds is 1. The third kappa shape index (κ3) is 1.70. The number of aryl methyl sites for hydroxylation is 1. The lowest BCUT2D eigenvalue weighted by Crippen LogP contribution is -2.24. The molecule has 16 heavy (non-hydrogen) atoms. The van der Waals surface area contributed by atoms with Gasteiger partial charge in [0.25, 0.3) is 0 Å². The van der Waals surface area contributed by atoms with Gasteiger partial charge in [-0.15, -0.1) is 0 Å². The van der Waals surface area contributed by atoms with Crippen LogP contribution < -0.4 is 11.4 Å². The lowest BCUT2D eigenvalue weighted by molar-refractivity contribution is 0.421. The molecule has 0 fully saturated rings. The molecule has 2 aromatic rings. The van der Waals surface area contributed by atoms with Crippen molar-refractivity contribution in [2.45, 2.75) is 13.5 Å². The van der Waals surface area contributed by atoms with Crippen LogP contribution in [0.3, 0.4) is 0 Å². The van der Waals surface area contributed by atoms with E-state index in [9.17, 15) is 9.59 Å². The molecule has 1 aromatic heterocycles. The highest BCUT2D eigenvalue weighted by Gasteiger charge is 2.12. The van der Waals surface area contributed by atoms with Crippen LogP contribution in [0.25, 0.3) is 10.9 Å². The Labute approximate surface area is 104 Å². The van der Waals surface area contributed by atoms with Crippen LogP contribution in [0.5, 0.6) is 0 Å². The number of hydrogen-bond donors (Lipinski definition) is 0. The van der Waals surface area contributed by atoms with Crippen LogP contribution in [0.4, 0.5) is 0 Å². The van der Waals surface area contributed by atoms with Gasteiger partial charge in [-0.2, -0.15) is 0 Å². The SMILES string of the molecule is CCn1c(=O)oc(=O)c2cc(Cl)cc(Br)c21. The monoisotopic (exact) mass is 303 g/mol. The average molecular weight is 305 g/mol. The van der Waals surface area contributed by atoms with E-state index in [1.54, 1.807) is 13.0 Å². The molecule has 0 aliphatic heterocycles. The number of hydrogen-bond acceptors (Lipinski definition) is 3. The molecule has 0 atom stereocenters. The van der Waals surface area contributed by atoms with Gasteiger partial charge in [0.2, 0.25) is 0 Å². The maximum absolute atomic E-state index is 11.5. The Hall–Kier alpha value is -1.07. The van der Waals surface area contributed by atoms with Gasteiger partial charge in [-0.1, -0.05) is 11.6 Å². The predicted molar refractivity (Wildman–Crippen MR) is 65.1 cm³/mol. The number of aromatic nitrogens is 1. The summed E-state index contributed by atoms with van der Waals surface area (Å²) >= 11 is 9.12. The summed E-state index contributed by atoms with van der Waals surface area (Å²) in [5.41, 5.74) is -0.166. The fourth-order valence-electron chi connectivity index (χ4n) is 1.56. The molecule has 1 heterocycles. The fourth-order valence-corrected chi connectivity index (χ4v) is 2.59. The van der Waals surface area contributed by atoms with Crippen molar-refractivity contribution < 1.29 is 4.42 Å². The van der Waals surface area contributed by atoms with Crippen molar-refractivity contribution >= 4 is 38.4 Å². The van der Waals surface area contributed by atoms with Gasteiger partial charge in [0.15, 0.2) is 0 Å². The zero-order chi connectivity index (χ0) is 11.9. The summed E-state index contributed by atoms with van der Waals surface area (Å²) < 4.78 is 6.57. The maximum atomic E-state index is 11.5. The second kappa shape index (κ2) is 4.07. The minimum atomic E-state index is -0.673. The first-order valence-electron chi connectivity index (χ1n) is 4.57. The van der Waals surface area contributed by atoms with Crippen LogP contribution in [0.15, 0.2) is 30.6 Å². The molecular weight excluding hydrogens is 297 g/mol. The van der Waals surface area contributed by atoms with Gasteiger partial charge in [-0.3, -0.25) is 4.57 Å². The summed E-state index contributed by atoms with van der Waals surface area (Å²) in [7, 11) is 0. The molecule has 0 bridgehead atoms. The zero-order valence-corrected chi connectivity index (χ0v) is 10.6. The van der Waals surface area contributed by atoms with Gasteiger partial charge in [0.05, 0.1) is 10.9 Å². The summed E-state index contributed by atoms with van der Waals surface area (Å²) in [6.07, 6.45) is 0. The molecule has 0 N–H and O–H groups in total. The molecule has 0 saturated heterocycles. The lowest BCUT2D eigenvalue weighted by Gasteiger charge is -2.07. The highest BCUT2D eigenvalue weighted by molar-refractivity contribution is 9.10. The molecular formula is C10H7BrClNO3. The Morgan fingerprint density at radius 1 is 1.44 bits per heavy atom. The zero-order valence-electron chi connectivity index (χ0n) is 8.29. The summed E-state index contributed by atoms with van der Waals surface area (Å²) in [6, 6.07) is 3.12. The largest absolute Gasteiger partial charge is 0.422 e. The van der Waals surface area contributed by atoms with Crippen LogP contribution in [0.1, 0.15) is 6.92 Å². The van der Waals surface area contributed by atoms with Crippen molar-refractivity contribution in [1.82, 2.24) is 4.57 Å². The standard InChI is InChI=1S/C10H7BrClNO3/c1-2-13-8-6(9(14)16-10(13)15)3-5(12)4-7(8)11/h3-4H,2H2,1H3. The molecule has 0 aliphatic carbocycles. The first kappa shape index (κ1) is 11.4. The van der Waals surface area contributed by atoms with Crippen molar-refractivity contribution in [3.8, 4) is 0 Å². The molecule has 0 spiro atoms. The normalized spacial score (nSPS) is 10.9. The molecule has 1 aromatic carbocycles. The Kier molecular flexibility index (Phi) is 2.90. The minimum Gasteiger partial charge on any atom is -0.372 e. The highest BCUT2D eigenvalue weighted by atomic mass is 79.9. The van der Waals surface area contributed by atoms with E-state index in [0.717, 1.165) is 0 Å². The first-order valence-corrected chi connectivity index (χ1v) is 5.74. The Morgan fingerprint density at radius 3 is 2.75 bits per heavy atom. The third-order valence-corrected chi connectivity index (χ3v) is 3.06. The Morgan fingerprint density at radius 2 is 2.12 bits per heavy atom. The summed E-state index contributed by atoms with van der Waals surface area (Å²) in [5, 5.41) is 0.703. The molecule has 0 amide bonds. The number of benzene rings is 1. The predicted octanol–water partition coefficient (Wildman–Crippen LogP) is 2.39. The van der Waals surface area contributed by atoms with Crippen LogP contribution >= 0.6 is 27.5 Å². The van der Waals surface area contributed by atoms with Crippen molar-refractivity contribution in [1.29, 1.82) is 0 Å². The van der Waals surface area contributed by atoms with Gasteiger partial charge in [0.1, 0.15) is 0 Å². The summed E-state index contributed by atoms with van der Waals surface area (Å²) in [6.45, 7) is 2.21. The molecule has 0 saturated carbocycles. The van der Waals surface area contributed by atoms with E-state index in [1.807, 2.05) is 0 Å². The van der Waals surface area contributed by atoms with Crippen LogP contribution in [-0.2, 0) is 6.54 Å². The minimum absolute atomic E-state index is 0.292. The van der Waals surface area contributed by atoms with E-state index in [-0.39, 0.29) is 0 Å². The van der Waals surface area contributed by atoms with Gasteiger partial charge in [0, 0.05) is 16.0 Å². The van der Waals surface area contributed by atoms with Crippen molar-refractivity contribution in [2.24, 2.45) is 0 Å². The van der Waals surface area contributed by atoms with Crippen molar-refractivity contribution in [3.63, 3.8) is 0 Å². The van der Waals surface area contributed by atoms with Gasteiger partial charge in [-0.05, 0) is 35.0 Å². The van der Waals surface area contributed by atoms with E-state index in [1.165, 1.54) is 10.6 Å². The van der Waals surface area contributed by atoms with E-state index >= 15 is 0 Å². The quantitative estimate of drug-likeness (QED) is 0.813. The van der Waals surface area contributed by atoms with Crippen molar-refractivity contribution in [2.75, 3.05) is 0 Å². The van der Waals surface area contributed by atoms with Gasteiger partial charge in [-0.25, -0.2) is 9.59 Å². The molecule has 84 valence electrons. The summed E-state index contributed by atoms with van der Waals surface area (Å²) in [5.74, 6) is -0.664. The van der Waals surface area contributed by atoms with Crippen LogP contribution in [-0.4, -0.2) is 4.57 Å². The number of fused-ring (bicyclic) bond motifs is 1. The lowest BCUT2D eigenvalue weighted by atomic mass is 10.2. The summed E-state index contributed by atoms with van der Waals surface area (Å²) in [4.78, 5) is 23.0. The third-order valence-electron chi connectivity index (χ3n) is 2.23. The Balaban J connectivity index is 3.12. The van der Waals surface area contributed by atoms with Crippen LogP contribution in [0, 0.1) is 0 Å². The van der Waals surface area contributed by atoms with E-state index in [4.69, 9.17) is 11.6 Å². The van der Waals surface area contributed by atoms with E-state index in [2.05, 4.69) is 20.3 Å². The van der Waals surface area contributed by atoms with Gasteiger partial charge >= 0.3 is 11.4 Å². The molecule has 0 unspecified atom stereocenters. The first-order chi connectivity index (χ1) is 7.54. The fraction of sp³-hybridized carbons (Fsp3) is 0.200. The van der Waals surface area contributed by atoms with E-state index in [0.29, 0.717) is 26.9 Å². The van der Waals surface area contributed by atoms with Gasteiger partial charge < -0.3 is 4.42 Å². The van der Waals surface area contributed by atoms with Crippen molar-refractivity contribution in [3.05, 3.63) is 42.6 Å². The Bertz CT molecular complexity index is 674. The van der Waals surface area contributed by atoms with E-state index < -0.39 is 11.4 Å². The second-order valence-corrected chi connectivity index (χ2v) is 4.47. The molecule has 2 rings (SSSR count). The highest BCUT2D eigenvalue weighted by Crippen LogP contribution is 2.25. The second-order valence-electron chi connectivity index (χ2n) is 3.18. The maximum Gasteiger partial charge on any atom is 0.422 e. The topological polar surface area (TPSA) is 52.2 Å². The number of nitrogens with zero attached hydrogens (tertiary/aromatic N) is 1. The smallest absolute Gasteiger partial charge is 0.372 e. The molecule has 6 heteroatoms. The number of halogens is 2. The van der Waals surface area contributed by atoms with Crippen LogP contribution in [0.2, 0.25) is 5.02 Å². The molecule has 4 nitrogen and oxygen atoms in total. The average Bonchev–Trinajstić information content (AvgIpc) is 2.20. The molecule has 0 aliphatic rings. The molecule has 0 radical (unpaired) electrons.